The minimum absolute atomic E-state index is 0.0754. The highest BCUT2D eigenvalue weighted by Gasteiger charge is 2.34. The molecular weight excluding hydrogens is 450 g/mol. The Hall–Kier alpha value is -2.52. The van der Waals surface area contributed by atoms with Crippen LogP contribution in [0.1, 0.15) is 40.0 Å². The highest BCUT2D eigenvalue weighted by atomic mass is 32.2. The molecule has 1 saturated carbocycles. The largest absolute Gasteiger partial charge is 0.444 e. The lowest BCUT2D eigenvalue weighted by atomic mass is 10.0. The van der Waals surface area contributed by atoms with Crippen LogP contribution >= 0.6 is 11.8 Å². The lowest BCUT2D eigenvalue weighted by Gasteiger charge is -2.18. The van der Waals surface area contributed by atoms with Gasteiger partial charge in [0.05, 0.1) is 17.2 Å². The molecule has 1 aliphatic carbocycles. The number of carbonyl (C=O) groups excluding carboxylic acids is 2. The first-order chi connectivity index (χ1) is 16.2. The first-order valence-corrected chi connectivity index (χ1v) is 12.9. The Labute approximate surface area is 206 Å². The van der Waals surface area contributed by atoms with Crippen molar-refractivity contribution in [3.63, 3.8) is 0 Å². The molecule has 1 saturated heterocycles. The average Bonchev–Trinajstić information content (AvgIpc) is 3.39. The number of anilines is 2. The van der Waals surface area contributed by atoms with E-state index in [1.54, 1.807) is 4.90 Å². The Morgan fingerprint density at radius 1 is 1.24 bits per heavy atom. The summed E-state index contributed by atoms with van der Waals surface area (Å²) in [5.41, 5.74) is 5.76. The molecule has 9 heteroatoms. The molecule has 34 heavy (non-hydrogen) atoms. The van der Waals surface area contributed by atoms with Crippen LogP contribution in [0, 0.1) is 5.92 Å². The third-order valence-electron chi connectivity index (χ3n) is 6.75. The maximum absolute atomic E-state index is 12.5. The van der Waals surface area contributed by atoms with E-state index in [0.717, 1.165) is 37.2 Å². The second-order valence-corrected chi connectivity index (χ2v) is 10.7. The second kappa shape index (κ2) is 10.4. The molecule has 8 nitrogen and oxygen atoms in total. The number of ether oxygens (including phenoxy) is 1. The molecule has 0 aromatic carbocycles. The van der Waals surface area contributed by atoms with Gasteiger partial charge in [-0.25, -0.2) is 9.78 Å². The molecule has 3 aliphatic rings. The van der Waals surface area contributed by atoms with Crippen LogP contribution in [0.3, 0.4) is 0 Å². The van der Waals surface area contributed by atoms with Crippen molar-refractivity contribution in [1.29, 1.82) is 0 Å². The normalized spacial score (nSPS) is 23.6. The summed E-state index contributed by atoms with van der Waals surface area (Å²) in [5.74, 6) is 1.93. The Morgan fingerprint density at radius 2 is 2.00 bits per heavy atom. The number of amides is 2. The Kier molecular flexibility index (Phi) is 7.52. The highest BCUT2D eigenvalue weighted by molar-refractivity contribution is 8.00. The molecule has 2 aliphatic heterocycles. The number of hydrogen-bond acceptors (Lipinski definition) is 7. The maximum Gasteiger partial charge on any atom is 0.415 e. The van der Waals surface area contributed by atoms with Crippen LogP contribution < -0.4 is 15.5 Å². The lowest BCUT2D eigenvalue weighted by Crippen LogP contribution is -2.29. The van der Waals surface area contributed by atoms with Crippen molar-refractivity contribution in [1.82, 2.24) is 15.2 Å². The van der Waals surface area contributed by atoms with E-state index >= 15 is 0 Å². The zero-order valence-corrected chi connectivity index (χ0v) is 21.6. The van der Waals surface area contributed by atoms with E-state index < -0.39 is 0 Å². The van der Waals surface area contributed by atoms with Crippen molar-refractivity contribution in [2.45, 2.75) is 51.0 Å². The molecule has 2 fully saturated rings. The van der Waals surface area contributed by atoms with Gasteiger partial charge in [0.25, 0.3) is 0 Å². The van der Waals surface area contributed by atoms with Crippen LogP contribution in [0.5, 0.6) is 0 Å². The number of hydrogen-bond donors (Lipinski definition) is 2. The van der Waals surface area contributed by atoms with Gasteiger partial charge in [-0.05, 0) is 82.3 Å². The van der Waals surface area contributed by atoms with Crippen molar-refractivity contribution in [3.05, 3.63) is 34.5 Å². The molecule has 1 aromatic heterocycles. The highest BCUT2D eigenvalue weighted by Crippen LogP contribution is 2.39. The number of aromatic nitrogens is 1. The smallest absolute Gasteiger partial charge is 0.415 e. The summed E-state index contributed by atoms with van der Waals surface area (Å²) >= 11 is 1.45. The topological polar surface area (TPSA) is 86.8 Å². The number of nitrogens with zero attached hydrogens (tertiary/aromatic N) is 3. The standard InChI is InChI=1S/C25H35N5O3S/c1-15(2)19-10-17(11-20(19)16(3)29(4)5)12-26-9-8-18-13-30(25(32)33-18)22-7-6-21-24(27-22)28-23(31)14-34-21/h6-7,17-18,26H,8-14H2,1-5H3,(H,27,28,31)/b20-16-. The molecule has 2 N–H and O–H groups in total. The van der Waals surface area contributed by atoms with Gasteiger partial charge in [-0.2, -0.15) is 0 Å². The van der Waals surface area contributed by atoms with Crippen molar-refractivity contribution < 1.29 is 14.3 Å². The maximum atomic E-state index is 12.5. The molecule has 184 valence electrons. The Bertz CT molecular complexity index is 1030. The van der Waals surface area contributed by atoms with E-state index in [4.69, 9.17) is 4.74 Å². The van der Waals surface area contributed by atoms with Crippen LogP contribution in [0.4, 0.5) is 16.4 Å². The minimum atomic E-state index is -0.384. The molecule has 0 bridgehead atoms. The summed E-state index contributed by atoms with van der Waals surface area (Å²) in [6, 6.07) is 3.71. The molecule has 4 rings (SSSR count). The predicted molar refractivity (Wildman–Crippen MR) is 136 cm³/mol. The van der Waals surface area contributed by atoms with Gasteiger partial charge >= 0.3 is 6.09 Å². The van der Waals surface area contributed by atoms with Gasteiger partial charge in [-0.3, -0.25) is 9.69 Å². The van der Waals surface area contributed by atoms with Crippen LogP contribution in [0.2, 0.25) is 0 Å². The summed E-state index contributed by atoms with van der Waals surface area (Å²) in [6.07, 6.45) is 2.40. The first-order valence-electron chi connectivity index (χ1n) is 11.9. The number of rotatable bonds is 7. The Balaban J connectivity index is 1.27. The Morgan fingerprint density at radius 3 is 2.74 bits per heavy atom. The zero-order chi connectivity index (χ0) is 24.4. The van der Waals surface area contributed by atoms with Crippen LogP contribution in [-0.2, 0) is 9.53 Å². The van der Waals surface area contributed by atoms with Gasteiger partial charge in [-0.1, -0.05) is 5.57 Å². The van der Waals surface area contributed by atoms with E-state index in [2.05, 4.69) is 55.4 Å². The quantitative estimate of drug-likeness (QED) is 0.564. The van der Waals surface area contributed by atoms with Crippen molar-refractivity contribution in [2.75, 3.05) is 49.7 Å². The fourth-order valence-corrected chi connectivity index (χ4v) is 5.47. The summed E-state index contributed by atoms with van der Waals surface area (Å²) in [4.78, 5) is 33.3. The number of nitrogens with one attached hydrogen (secondary N) is 2. The lowest BCUT2D eigenvalue weighted by molar-refractivity contribution is -0.113. The monoisotopic (exact) mass is 485 g/mol. The number of fused-ring (bicyclic) bond motifs is 1. The van der Waals surface area contributed by atoms with Gasteiger partial charge < -0.3 is 20.3 Å². The number of thioether (sulfide) groups is 1. The van der Waals surface area contributed by atoms with Crippen LogP contribution in [0.25, 0.3) is 0 Å². The van der Waals surface area contributed by atoms with E-state index in [0.29, 0.717) is 29.9 Å². The van der Waals surface area contributed by atoms with Crippen LogP contribution in [0.15, 0.2) is 39.4 Å². The predicted octanol–water partition coefficient (Wildman–Crippen LogP) is 4.01. The van der Waals surface area contributed by atoms with Gasteiger partial charge in [0, 0.05) is 19.8 Å². The van der Waals surface area contributed by atoms with Crippen molar-refractivity contribution >= 4 is 35.4 Å². The van der Waals surface area contributed by atoms with Gasteiger partial charge in [-0.15, -0.1) is 11.8 Å². The third-order valence-corrected chi connectivity index (χ3v) is 7.79. The van der Waals surface area contributed by atoms with Gasteiger partial charge in [0.1, 0.15) is 17.7 Å². The number of cyclic esters (lactones) is 1. The molecule has 0 radical (unpaired) electrons. The minimum Gasteiger partial charge on any atom is -0.444 e. The molecule has 3 heterocycles. The van der Waals surface area contributed by atoms with E-state index in [1.165, 1.54) is 34.2 Å². The molecular formula is C25H35N5O3S. The molecule has 0 spiro atoms. The number of allylic oxidation sites excluding steroid dienone is 4. The second-order valence-electron chi connectivity index (χ2n) is 9.67. The van der Waals surface area contributed by atoms with Crippen molar-refractivity contribution in [3.8, 4) is 0 Å². The molecule has 2 unspecified atom stereocenters. The summed E-state index contributed by atoms with van der Waals surface area (Å²) in [7, 11) is 4.22. The van der Waals surface area contributed by atoms with Gasteiger partial charge in [0.2, 0.25) is 5.91 Å². The van der Waals surface area contributed by atoms with E-state index in [1.807, 2.05) is 12.1 Å². The third kappa shape index (κ3) is 5.41. The summed E-state index contributed by atoms with van der Waals surface area (Å²) < 4.78 is 5.58. The van der Waals surface area contributed by atoms with Crippen LogP contribution in [-0.4, -0.2) is 67.5 Å². The van der Waals surface area contributed by atoms with Gasteiger partial charge in [0.15, 0.2) is 0 Å². The summed E-state index contributed by atoms with van der Waals surface area (Å²) in [5, 5.41) is 6.36. The average molecular weight is 486 g/mol. The molecule has 1 aromatic rings. The number of pyridine rings is 1. The zero-order valence-electron chi connectivity index (χ0n) is 20.7. The molecule has 2 amide bonds. The van der Waals surface area contributed by atoms with E-state index in [-0.39, 0.29) is 18.1 Å². The molecule has 2 atom stereocenters. The fraction of sp³-hybridized carbons (Fsp3) is 0.560. The SMILES string of the molecule is CC(C)=C1CC(CNCCC2CN(c3ccc4c(n3)NC(=O)CS4)C(=O)O2)C/C1=C(\C)N(C)C. The first kappa shape index (κ1) is 24.6. The van der Waals surface area contributed by atoms with Crippen molar-refractivity contribution in [2.24, 2.45) is 5.92 Å². The van der Waals surface area contributed by atoms with E-state index in [9.17, 15) is 9.59 Å². The fourth-order valence-electron chi connectivity index (χ4n) is 4.71. The number of carbonyl (C=O) groups is 2. The summed E-state index contributed by atoms with van der Waals surface area (Å²) in [6.45, 7) is 8.83.